The summed E-state index contributed by atoms with van der Waals surface area (Å²) >= 11 is 6.00. The molecule has 1 aliphatic rings. The summed E-state index contributed by atoms with van der Waals surface area (Å²) < 4.78 is 33.6. The van der Waals surface area contributed by atoms with Crippen LogP contribution in [0.2, 0.25) is 23.2 Å². The van der Waals surface area contributed by atoms with Crippen LogP contribution in [-0.2, 0) is 10.0 Å². The molecule has 2 aromatic rings. The van der Waals surface area contributed by atoms with Crippen molar-refractivity contribution in [1.29, 1.82) is 0 Å². The van der Waals surface area contributed by atoms with Gasteiger partial charge in [0.05, 0.1) is 10.6 Å². The number of hydrogen-bond donors (Lipinski definition) is 1. The summed E-state index contributed by atoms with van der Waals surface area (Å²) in [5, 5.41) is 3.02. The third-order valence-corrected chi connectivity index (χ3v) is 15.0. The molecule has 0 bridgehead atoms. The van der Waals surface area contributed by atoms with Crippen molar-refractivity contribution < 1.29 is 17.9 Å². The lowest BCUT2D eigenvalue weighted by Gasteiger charge is -2.50. The number of halogens is 1. The lowest BCUT2D eigenvalue weighted by atomic mass is 10.1. The van der Waals surface area contributed by atoms with Crippen molar-refractivity contribution >= 4 is 41.6 Å². The van der Waals surface area contributed by atoms with E-state index in [0.717, 1.165) is 0 Å². The largest absolute Gasteiger partial charge is 0.417 e. The van der Waals surface area contributed by atoms with Crippen LogP contribution in [0.15, 0.2) is 59.5 Å². The van der Waals surface area contributed by atoms with Gasteiger partial charge in [0.25, 0.3) is 0 Å². The number of carbonyl (C=O) groups excluding carboxylic acids is 1. The molecule has 3 rings (SSSR count). The molecule has 31 heavy (non-hydrogen) atoms. The Labute approximate surface area is 190 Å². The van der Waals surface area contributed by atoms with E-state index in [1.807, 2.05) is 19.2 Å². The van der Waals surface area contributed by atoms with Crippen LogP contribution in [0.25, 0.3) is 5.70 Å². The van der Waals surface area contributed by atoms with Crippen LogP contribution in [-0.4, -0.2) is 33.3 Å². The van der Waals surface area contributed by atoms with E-state index in [1.165, 1.54) is 0 Å². The molecule has 9 heteroatoms. The average molecular weight is 479 g/mol. The molecular weight excluding hydrogens is 452 g/mol. The number of amides is 1. The minimum Gasteiger partial charge on any atom is -0.410 e. The van der Waals surface area contributed by atoms with E-state index < -0.39 is 24.4 Å². The number of sulfonamides is 1. The minimum absolute atomic E-state index is 0.147. The summed E-state index contributed by atoms with van der Waals surface area (Å²) in [6.45, 7) is 10.5. The third-order valence-electron chi connectivity index (χ3n) is 5.94. The molecule has 0 unspecified atom stereocenters. The first-order chi connectivity index (χ1) is 14.3. The van der Waals surface area contributed by atoms with Gasteiger partial charge in [0.1, 0.15) is 14.0 Å². The summed E-state index contributed by atoms with van der Waals surface area (Å²) in [5.74, 6) is 0.361. The first kappa shape index (κ1) is 23.5. The maximum atomic E-state index is 13.3. The Morgan fingerprint density at radius 3 is 2.16 bits per heavy atom. The molecule has 0 aromatic heterocycles. The molecule has 1 aliphatic heterocycles. The Morgan fingerprint density at radius 2 is 1.65 bits per heavy atom. The Bertz CT molecular complexity index is 1110. The molecule has 1 amide bonds. The lowest BCUT2D eigenvalue weighted by Crippen LogP contribution is -2.64. The number of rotatable bonds is 4. The van der Waals surface area contributed by atoms with Crippen LogP contribution in [0.4, 0.5) is 4.79 Å². The van der Waals surface area contributed by atoms with Crippen LogP contribution in [0.1, 0.15) is 26.3 Å². The zero-order valence-electron chi connectivity index (χ0n) is 18.3. The Kier molecular flexibility index (Phi) is 6.39. The normalized spacial score (nSPS) is 18.1. The van der Waals surface area contributed by atoms with Gasteiger partial charge in [-0.1, -0.05) is 75.8 Å². The van der Waals surface area contributed by atoms with Crippen molar-refractivity contribution in [3.8, 4) is 5.75 Å². The molecule has 166 valence electrons. The quantitative estimate of drug-likeness (QED) is 0.593. The van der Waals surface area contributed by atoms with Crippen molar-refractivity contribution in [1.82, 2.24) is 9.29 Å². The van der Waals surface area contributed by atoms with Crippen LogP contribution < -0.4 is 10.1 Å². The van der Waals surface area contributed by atoms with Gasteiger partial charge < -0.3 is 4.74 Å². The van der Waals surface area contributed by atoms with Gasteiger partial charge in [-0.2, -0.15) is 0 Å². The van der Waals surface area contributed by atoms with Gasteiger partial charge in [-0.3, -0.25) is 5.32 Å². The summed E-state index contributed by atoms with van der Waals surface area (Å²) in [6.07, 6.45) is -0.760. The zero-order chi connectivity index (χ0) is 23.0. The second kappa shape index (κ2) is 8.42. The standard InChI is InChI=1S/C22H27ClN2O4SSi/c1-22(2,3)31(4,5)25-15-19(30(25,27)28)20(16-11-13-17(23)14-12-16)24-21(26)29-18-9-7-6-8-10-18/h6-14H,15H2,1-5H3,(H,24,26)/b20-19+. The Morgan fingerprint density at radius 1 is 1.06 bits per heavy atom. The number of para-hydroxylation sites is 1. The van der Waals surface area contributed by atoms with Crippen molar-refractivity contribution in [2.75, 3.05) is 6.54 Å². The van der Waals surface area contributed by atoms with Crippen LogP contribution in [0.3, 0.4) is 0 Å². The Balaban J connectivity index is 1.98. The van der Waals surface area contributed by atoms with Crippen molar-refractivity contribution in [2.24, 2.45) is 0 Å². The van der Waals surface area contributed by atoms with Gasteiger partial charge in [0.15, 0.2) is 0 Å². The highest BCUT2D eigenvalue weighted by Crippen LogP contribution is 2.46. The van der Waals surface area contributed by atoms with Gasteiger partial charge in [-0.15, -0.1) is 0 Å². The zero-order valence-corrected chi connectivity index (χ0v) is 20.8. The molecular formula is C22H27ClN2O4SSi. The van der Waals surface area contributed by atoms with E-state index >= 15 is 0 Å². The fourth-order valence-corrected chi connectivity index (χ4v) is 9.25. The monoisotopic (exact) mass is 478 g/mol. The predicted molar refractivity (Wildman–Crippen MR) is 127 cm³/mol. The molecule has 6 nitrogen and oxygen atoms in total. The summed E-state index contributed by atoms with van der Waals surface area (Å²) in [7, 11) is -6.02. The van der Waals surface area contributed by atoms with E-state index in [1.54, 1.807) is 52.5 Å². The average Bonchev–Trinajstić information content (AvgIpc) is 2.67. The van der Waals surface area contributed by atoms with Gasteiger partial charge in [0, 0.05) is 11.6 Å². The molecule has 0 spiro atoms. The summed E-state index contributed by atoms with van der Waals surface area (Å²) in [4.78, 5) is 12.7. The highest BCUT2D eigenvalue weighted by molar-refractivity contribution is 7.96. The number of ether oxygens (including phenoxy) is 1. The first-order valence-electron chi connectivity index (χ1n) is 9.90. The number of carbonyl (C=O) groups is 1. The molecule has 0 aliphatic carbocycles. The number of benzene rings is 2. The molecule has 1 heterocycles. The van der Waals surface area contributed by atoms with E-state index in [2.05, 4.69) is 26.1 Å². The van der Waals surface area contributed by atoms with Crippen molar-refractivity contribution in [3.05, 3.63) is 70.1 Å². The molecule has 0 saturated carbocycles. The van der Waals surface area contributed by atoms with Crippen LogP contribution in [0.5, 0.6) is 5.75 Å². The molecule has 0 atom stereocenters. The number of hydrogen-bond acceptors (Lipinski definition) is 4. The van der Waals surface area contributed by atoms with Gasteiger partial charge in [-0.05, 0) is 34.9 Å². The predicted octanol–water partition coefficient (Wildman–Crippen LogP) is 5.45. The fraction of sp³-hybridized carbons (Fsp3) is 0.318. The van der Waals surface area contributed by atoms with Gasteiger partial charge in [-0.25, -0.2) is 17.2 Å². The first-order valence-corrected chi connectivity index (χ1v) is 14.7. The maximum Gasteiger partial charge on any atom is 0.417 e. The number of nitrogens with one attached hydrogen (secondary N) is 1. The lowest BCUT2D eigenvalue weighted by molar-refractivity contribution is 0.205. The van der Waals surface area contributed by atoms with E-state index in [4.69, 9.17) is 16.3 Å². The van der Waals surface area contributed by atoms with E-state index in [0.29, 0.717) is 16.3 Å². The van der Waals surface area contributed by atoms with Crippen molar-refractivity contribution in [3.63, 3.8) is 0 Å². The highest BCUT2D eigenvalue weighted by Gasteiger charge is 2.54. The van der Waals surface area contributed by atoms with Gasteiger partial charge >= 0.3 is 6.09 Å². The molecule has 1 saturated heterocycles. The second-order valence-electron chi connectivity index (χ2n) is 8.95. The highest BCUT2D eigenvalue weighted by atomic mass is 35.5. The fourth-order valence-electron chi connectivity index (χ4n) is 3.08. The molecule has 1 fully saturated rings. The van der Waals surface area contributed by atoms with Crippen LogP contribution >= 0.6 is 11.6 Å². The summed E-state index contributed by atoms with van der Waals surface area (Å²) in [5.41, 5.74) is 0.760. The maximum absolute atomic E-state index is 13.3. The van der Waals surface area contributed by atoms with Crippen LogP contribution in [0, 0.1) is 0 Å². The smallest absolute Gasteiger partial charge is 0.410 e. The molecule has 0 radical (unpaired) electrons. The van der Waals surface area contributed by atoms with E-state index in [9.17, 15) is 13.2 Å². The number of nitrogens with zero attached hydrogens (tertiary/aromatic N) is 1. The third kappa shape index (κ3) is 4.72. The van der Waals surface area contributed by atoms with Crippen molar-refractivity contribution in [2.45, 2.75) is 38.9 Å². The topological polar surface area (TPSA) is 75.7 Å². The Hall–Kier alpha value is -2.13. The van der Waals surface area contributed by atoms with E-state index in [-0.39, 0.29) is 22.2 Å². The molecule has 1 N–H and O–H groups in total. The minimum atomic E-state index is -3.71. The summed E-state index contributed by atoms with van der Waals surface area (Å²) in [6, 6.07) is 15.3. The molecule has 2 aromatic carbocycles. The SMILES string of the molecule is CC(C)(C)[Si](C)(C)N1C/C(=C(\NC(=O)Oc2ccccc2)c2ccc(Cl)cc2)S1(=O)=O. The second-order valence-corrected chi connectivity index (χ2v) is 16.8. The van der Waals surface area contributed by atoms with Gasteiger partial charge in [0.2, 0.25) is 10.0 Å².